The van der Waals surface area contributed by atoms with Crippen molar-refractivity contribution in [3.05, 3.63) is 42.7 Å². The lowest BCUT2D eigenvalue weighted by Crippen LogP contribution is -2.61. The van der Waals surface area contributed by atoms with Gasteiger partial charge in [-0.3, -0.25) is 4.90 Å². The molecule has 1 amide bonds. The number of anilines is 1. The van der Waals surface area contributed by atoms with Crippen molar-refractivity contribution in [3.63, 3.8) is 0 Å². The molecule has 5 heterocycles. The first-order valence-corrected chi connectivity index (χ1v) is 8.60. The molecule has 4 aliphatic heterocycles. The summed E-state index contributed by atoms with van der Waals surface area (Å²) < 4.78 is 11.6. The number of fused-ring (bicyclic) bond motifs is 2. The monoisotopic (exact) mass is 324 g/mol. The van der Waals surface area contributed by atoms with E-state index in [1.807, 2.05) is 36.4 Å². The van der Waals surface area contributed by atoms with Gasteiger partial charge in [-0.2, -0.15) is 0 Å². The molecule has 4 fully saturated rings. The number of amides is 1. The van der Waals surface area contributed by atoms with E-state index in [1.54, 1.807) is 11.2 Å². The van der Waals surface area contributed by atoms with Crippen LogP contribution in [0.25, 0.3) is 11.1 Å². The van der Waals surface area contributed by atoms with Crippen LogP contribution in [0, 0.1) is 5.92 Å². The average Bonchev–Trinajstić information content (AvgIpc) is 3.22. The number of rotatable bonds is 2. The number of ether oxygens (including phenoxy) is 1. The van der Waals surface area contributed by atoms with Gasteiger partial charge in [-0.05, 0) is 31.5 Å². The fraction of sp³-hybridized carbons (Fsp3) is 0.421. The smallest absolute Gasteiger partial charge is 0.417 e. The highest BCUT2D eigenvalue weighted by molar-refractivity contribution is 5.89. The predicted molar refractivity (Wildman–Crippen MR) is 89.9 cm³/mol. The molecule has 0 aliphatic carbocycles. The molecule has 1 spiro atoms. The molecule has 4 aliphatic rings. The first-order valence-electron chi connectivity index (χ1n) is 8.60. The zero-order chi connectivity index (χ0) is 16.1. The van der Waals surface area contributed by atoms with Crippen molar-refractivity contribution in [1.82, 2.24) is 4.90 Å². The summed E-state index contributed by atoms with van der Waals surface area (Å²) in [5.41, 5.74) is 1.71. The van der Waals surface area contributed by atoms with Crippen molar-refractivity contribution in [3.8, 4) is 11.1 Å². The van der Waals surface area contributed by atoms with Crippen molar-refractivity contribution in [2.24, 2.45) is 5.92 Å². The number of benzene rings is 1. The van der Waals surface area contributed by atoms with Gasteiger partial charge in [0.15, 0.2) is 0 Å². The van der Waals surface area contributed by atoms with E-state index in [1.165, 1.54) is 0 Å². The number of carbonyl (C=O) groups is 1. The highest BCUT2D eigenvalue weighted by Gasteiger charge is 2.56. The van der Waals surface area contributed by atoms with Crippen LogP contribution in [-0.4, -0.2) is 42.8 Å². The van der Waals surface area contributed by atoms with Crippen molar-refractivity contribution in [1.29, 1.82) is 0 Å². The Labute approximate surface area is 140 Å². The fourth-order valence-corrected chi connectivity index (χ4v) is 4.43. The van der Waals surface area contributed by atoms with Gasteiger partial charge in [0, 0.05) is 24.1 Å². The minimum Gasteiger partial charge on any atom is -0.448 e. The minimum absolute atomic E-state index is 0.280. The lowest BCUT2D eigenvalue weighted by Gasteiger charge is -2.49. The van der Waals surface area contributed by atoms with E-state index in [0.29, 0.717) is 18.3 Å². The molecule has 4 saturated heterocycles. The Morgan fingerprint density at radius 2 is 1.83 bits per heavy atom. The lowest BCUT2D eigenvalue weighted by molar-refractivity contribution is -0.0881. The SMILES string of the molecule is O=C1O[C@@]2(CN3CCC2CC3)CN1c1cc(-c2ccccc2)co1. The number of nitrogens with zero attached hydrogens (tertiary/aromatic N) is 2. The third-order valence-corrected chi connectivity index (χ3v) is 5.72. The Morgan fingerprint density at radius 3 is 2.54 bits per heavy atom. The fourth-order valence-electron chi connectivity index (χ4n) is 4.43. The van der Waals surface area contributed by atoms with Crippen molar-refractivity contribution in [2.45, 2.75) is 18.4 Å². The number of piperidine rings is 3. The second-order valence-corrected chi connectivity index (χ2v) is 7.11. The second-order valence-electron chi connectivity index (χ2n) is 7.11. The van der Waals surface area contributed by atoms with Crippen molar-refractivity contribution in [2.75, 3.05) is 31.1 Å². The zero-order valence-corrected chi connectivity index (χ0v) is 13.5. The summed E-state index contributed by atoms with van der Waals surface area (Å²) in [4.78, 5) is 16.6. The topological polar surface area (TPSA) is 45.9 Å². The Bertz CT molecular complexity index is 764. The van der Waals surface area contributed by atoms with Gasteiger partial charge in [0.25, 0.3) is 0 Å². The van der Waals surface area contributed by atoms with Crippen LogP contribution in [0.15, 0.2) is 47.1 Å². The van der Waals surface area contributed by atoms with E-state index in [-0.39, 0.29) is 11.7 Å². The van der Waals surface area contributed by atoms with Crippen LogP contribution in [-0.2, 0) is 4.74 Å². The third-order valence-electron chi connectivity index (χ3n) is 5.72. The van der Waals surface area contributed by atoms with Gasteiger partial charge in [-0.1, -0.05) is 30.3 Å². The molecule has 0 unspecified atom stereocenters. The predicted octanol–water partition coefficient (Wildman–Crippen LogP) is 3.37. The van der Waals surface area contributed by atoms with Gasteiger partial charge >= 0.3 is 6.09 Å². The molecule has 5 heteroatoms. The molecule has 0 radical (unpaired) electrons. The molecule has 2 aromatic rings. The molecule has 0 N–H and O–H groups in total. The van der Waals surface area contributed by atoms with Crippen LogP contribution < -0.4 is 4.90 Å². The van der Waals surface area contributed by atoms with Crippen molar-refractivity contribution >= 4 is 12.0 Å². The summed E-state index contributed by atoms with van der Waals surface area (Å²) in [5.74, 6) is 1.05. The van der Waals surface area contributed by atoms with Crippen LogP contribution in [0.1, 0.15) is 12.8 Å². The molecule has 6 rings (SSSR count). The van der Waals surface area contributed by atoms with Crippen LogP contribution in [0.3, 0.4) is 0 Å². The van der Waals surface area contributed by atoms with Gasteiger partial charge in [-0.25, -0.2) is 9.69 Å². The van der Waals surface area contributed by atoms with E-state index in [9.17, 15) is 4.79 Å². The lowest BCUT2D eigenvalue weighted by atomic mass is 9.75. The van der Waals surface area contributed by atoms with Crippen molar-refractivity contribution < 1.29 is 13.9 Å². The molecule has 1 aromatic carbocycles. The average molecular weight is 324 g/mol. The summed E-state index contributed by atoms with van der Waals surface area (Å²) >= 11 is 0. The molecule has 0 saturated carbocycles. The van der Waals surface area contributed by atoms with Crippen LogP contribution in [0.5, 0.6) is 0 Å². The molecule has 5 nitrogen and oxygen atoms in total. The van der Waals surface area contributed by atoms with E-state index in [2.05, 4.69) is 4.90 Å². The maximum absolute atomic E-state index is 12.5. The second kappa shape index (κ2) is 5.11. The summed E-state index contributed by atoms with van der Waals surface area (Å²) in [6.07, 6.45) is 3.67. The van der Waals surface area contributed by atoms with Gasteiger partial charge < -0.3 is 9.15 Å². The molecule has 2 bridgehead atoms. The van der Waals surface area contributed by atoms with Crippen LogP contribution in [0.4, 0.5) is 10.7 Å². The molecular weight excluding hydrogens is 304 g/mol. The van der Waals surface area contributed by atoms with E-state index < -0.39 is 0 Å². The molecule has 124 valence electrons. The number of carbonyl (C=O) groups excluding carboxylic acids is 1. The van der Waals surface area contributed by atoms with Crippen LogP contribution >= 0.6 is 0 Å². The summed E-state index contributed by atoms with van der Waals surface area (Å²) in [6.45, 7) is 3.70. The zero-order valence-electron chi connectivity index (χ0n) is 13.5. The Hall–Kier alpha value is -2.27. The minimum atomic E-state index is -0.354. The Morgan fingerprint density at radius 1 is 1.04 bits per heavy atom. The quantitative estimate of drug-likeness (QED) is 0.850. The molecule has 1 atom stereocenters. The largest absolute Gasteiger partial charge is 0.448 e. The first kappa shape index (κ1) is 14.1. The maximum atomic E-state index is 12.5. The Balaban J connectivity index is 1.42. The third kappa shape index (κ3) is 2.08. The maximum Gasteiger partial charge on any atom is 0.417 e. The van der Waals surface area contributed by atoms with E-state index >= 15 is 0 Å². The summed E-state index contributed by atoms with van der Waals surface area (Å²) in [7, 11) is 0. The Kier molecular flexibility index (Phi) is 3.00. The standard InChI is InChI=1S/C19H20N2O3/c22-18-21(13-19(24-18)12-20-8-6-16(19)7-9-20)17-10-15(11-23-17)14-4-2-1-3-5-14/h1-5,10-11,16H,6-9,12-13H2/t19-/m0/s1. The number of hydrogen-bond donors (Lipinski definition) is 0. The molecule has 1 aromatic heterocycles. The summed E-state index contributed by atoms with van der Waals surface area (Å²) in [6, 6.07) is 12.0. The number of furan rings is 1. The summed E-state index contributed by atoms with van der Waals surface area (Å²) in [5, 5.41) is 0. The van der Waals surface area contributed by atoms with Gasteiger partial charge in [0.05, 0.1) is 6.54 Å². The normalized spacial score (nSPS) is 31.7. The van der Waals surface area contributed by atoms with Gasteiger partial charge in [0.1, 0.15) is 11.9 Å². The first-order chi connectivity index (χ1) is 11.7. The van der Waals surface area contributed by atoms with E-state index in [0.717, 1.165) is 43.6 Å². The highest BCUT2D eigenvalue weighted by Crippen LogP contribution is 2.43. The van der Waals surface area contributed by atoms with Gasteiger partial charge in [-0.15, -0.1) is 0 Å². The molecular formula is C19H20N2O3. The highest BCUT2D eigenvalue weighted by atomic mass is 16.6. The van der Waals surface area contributed by atoms with E-state index in [4.69, 9.17) is 9.15 Å². The van der Waals surface area contributed by atoms with Gasteiger partial charge in [0.2, 0.25) is 5.88 Å². The number of hydrogen-bond acceptors (Lipinski definition) is 4. The molecule has 24 heavy (non-hydrogen) atoms. The van der Waals surface area contributed by atoms with Crippen LogP contribution in [0.2, 0.25) is 0 Å².